The van der Waals surface area contributed by atoms with Gasteiger partial charge in [-0.2, -0.15) is 0 Å². The summed E-state index contributed by atoms with van der Waals surface area (Å²) < 4.78 is 14.1. The predicted octanol–water partition coefficient (Wildman–Crippen LogP) is 11.1. The summed E-state index contributed by atoms with van der Waals surface area (Å²) in [6.45, 7) is 35.6. The van der Waals surface area contributed by atoms with Crippen molar-refractivity contribution < 1.29 is 8.85 Å². The van der Waals surface area contributed by atoms with Crippen LogP contribution in [0.1, 0.15) is 107 Å². The molecule has 4 heteroatoms. The van der Waals surface area contributed by atoms with Crippen LogP contribution < -0.4 is 0 Å². The number of rotatable bonds is 7. The molecule has 0 heterocycles. The third kappa shape index (κ3) is 7.32. The van der Waals surface area contributed by atoms with E-state index in [9.17, 15) is 0 Å². The van der Waals surface area contributed by atoms with Crippen LogP contribution in [-0.2, 0) is 8.85 Å². The minimum Gasteiger partial charge on any atom is -0.410 e. The Kier molecular flexibility index (Phi) is 10.2. The molecule has 0 aromatic carbocycles. The molecule has 224 valence electrons. The Bertz CT molecular complexity index is 887. The molecule has 0 bridgehead atoms. The molecule has 0 radical (unpaired) electrons. The Hall–Kier alpha value is -0.426. The summed E-state index contributed by atoms with van der Waals surface area (Å²) in [7, 11) is -3.88. The first-order chi connectivity index (χ1) is 17.8. The molecule has 3 fully saturated rings. The molecule has 2 nitrogen and oxygen atoms in total. The molecule has 3 rings (SSSR count). The van der Waals surface area contributed by atoms with E-state index in [1.54, 1.807) is 5.57 Å². The molecule has 0 aromatic heterocycles. The van der Waals surface area contributed by atoms with Gasteiger partial charge in [0, 0.05) is 0 Å². The van der Waals surface area contributed by atoms with Gasteiger partial charge in [-0.15, -0.1) is 0 Å². The van der Waals surface area contributed by atoms with Crippen molar-refractivity contribution in [2.75, 3.05) is 0 Å². The van der Waals surface area contributed by atoms with Crippen molar-refractivity contribution in [3.63, 3.8) is 0 Å². The lowest BCUT2D eigenvalue weighted by Crippen LogP contribution is -2.49. The highest BCUT2D eigenvalue weighted by Crippen LogP contribution is 2.54. The molecule has 3 saturated carbocycles. The fraction of sp³-hybridized carbons (Fsp3) is 0.829. The van der Waals surface area contributed by atoms with E-state index < -0.39 is 16.6 Å². The smallest absolute Gasteiger partial charge is 0.192 e. The van der Waals surface area contributed by atoms with Crippen molar-refractivity contribution >= 4 is 16.6 Å². The largest absolute Gasteiger partial charge is 0.410 e. The molecular weight excluding hydrogens is 509 g/mol. The SMILES string of the molecule is C=C1[C@H](O[Si](C)(C)C(C)(C)C)CC(=C/C=C2\CC[C@@H](C)C3[C@H]2CC[C@@H]3[C@@H](C)CC)C[C@H]1O[Si](C)(C)C(C)(C)C. The summed E-state index contributed by atoms with van der Waals surface area (Å²) in [5.74, 6) is 4.31. The highest BCUT2D eigenvalue weighted by atomic mass is 28.4. The van der Waals surface area contributed by atoms with Gasteiger partial charge in [-0.25, -0.2) is 0 Å². The van der Waals surface area contributed by atoms with Crippen LogP contribution in [0.4, 0.5) is 0 Å². The first-order valence-corrected chi connectivity index (χ1v) is 22.0. The van der Waals surface area contributed by atoms with Crippen LogP contribution in [-0.4, -0.2) is 28.8 Å². The van der Waals surface area contributed by atoms with Crippen LogP contribution in [0, 0.1) is 29.6 Å². The maximum Gasteiger partial charge on any atom is 0.192 e. The fourth-order valence-corrected chi connectivity index (χ4v) is 9.54. The third-order valence-electron chi connectivity index (χ3n) is 11.9. The van der Waals surface area contributed by atoms with Crippen LogP contribution in [0.15, 0.2) is 35.5 Å². The van der Waals surface area contributed by atoms with E-state index in [0.717, 1.165) is 42.4 Å². The van der Waals surface area contributed by atoms with E-state index in [2.05, 4.69) is 107 Å². The Balaban J connectivity index is 1.90. The van der Waals surface area contributed by atoms with Gasteiger partial charge in [-0.1, -0.05) is 98.6 Å². The van der Waals surface area contributed by atoms with E-state index in [0.29, 0.717) is 0 Å². The van der Waals surface area contributed by atoms with E-state index in [1.165, 1.54) is 43.3 Å². The quantitative estimate of drug-likeness (QED) is 0.223. The molecule has 7 atom stereocenters. The molecular formula is C35H64O2Si2. The summed E-state index contributed by atoms with van der Waals surface area (Å²) in [6.07, 6.45) is 13.9. The van der Waals surface area contributed by atoms with Gasteiger partial charge in [-0.3, -0.25) is 0 Å². The monoisotopic (exact) mass is 572 g/mol. The van der Waals surface area contributed by atoms with Gasteiger partial charge >= 0.3 is 0 Å². The van der Waals surface area contributed by atoms with Crippen molar-refractivity contribution in [2.24, 2.45) is 29.6 Å². The van der Waals surface area contributed by atoms with Crippen LogP contribution in [0.3, 0.4) is 0 Å². The first kappa shape index (κ1) is 33.1. The minimum absolute atomic E-state index is 0.0550. The minimum atomic E-state index is -1.94. The highest BCUT2D eigenvalue weighted by molar-refractivity contribution is 6.74. The normalized spacial score (nSPS) is 32.9. The molecule has 0 aromatic rings. The Morgan fingerprint density at radius 2 is 1.38 bits per heavy atom. The first-order valence-electron chi connectivity index (χ1n) is 16.2. The van der Waals surface area contributed by atoms with E-state index in [-0.39, 0.29) is 22.3 Å². The number of hydrogen-bond acceptors (Lipinski definition) is 2. The van der Waals surface area contributed by atoms with Crippen molar-refractivity contribution in [1.29, 1.82) is 0 Å². The summed E-state index contributed by atoms with van der Waals surface area (Å²) in [5, 5.41) is 0.351. The molecule has 1 unspecified atom stereocenters. The van der Waals surface area contributed by atoms with Crippen molar-refractivity contribution in [3.8, 4) is 0 Å². The average Bonchev–Trinajstić information content (AvgIpc) is 3.25. The Morgan fingerprint density at radius 1 is 0.872 bits per heavy atom. The molecule has 0 amide bonds. The standard InChI is InChI=1S/C35H64O2Si2/c1-15-24(2)29-20-21-30-28(18-16-25(3)33(29)30)19-17-27-22-31(36-38(11,12)34(5,6)7)26(4)32(23-27)37-39(13,14)35(8,9)10/h17,19,24-25,29-33H,4,15-16,18,20-23H2,1-3,5-14H3/b28-19+/t24-,25+,29+,30-,31+,32+,33?/m0/s1. The molecule has 3 aliphatic rings. The fourth-order valence-electron chi connectivity index (χ4n) is 6.94. The van der Waals surface area contributed by atoms with Gasteiger partial charge in [0.15, 0.2) is 16.6 Å². The van der Waals surface area contributed by atoms with E-state index in [1.807, 2.05) is 0 Å². The predicted molar refractivity (Wildman–Crippen MR) is 176 cm³/mol. The second-order valence-electron chi connectivity index (χ2n) is 16.6. The number of hydrogen-bond donors (Lipinski definition) is 0. The van der Waals surface area contributed by atoms with Crippen molar-refractivity contribution in [1.82, 2.24) is 0 Å². The lowest BCUT2D eigenvalue weighted by molar-refractivity contribution is 0.132. The topological polar surface area (TPSA) is 18.5 Å². The lowest BCUT2D eigenvalue weighted by atomic mass is 9.66. The molecule has 0 saturated heterocycles. The zero-order valence-corrected chi connectivity index (χ0v) is 30.2. The second-order valence-corrected chi connectivity index (χ2v) is 26.1. The molecule has 3 aliphatic carbocycles. The summed E-state index contributed by atoms with van der Waals surface area (Å²) >= 11 is 0. The van der Waals surface area contributed by atoms with Gasteiger partial charge < -0.3 is 8.85 Å². The maximum atomic E-state index is 7.06. The van der Waals surface area contributed by atoms with Crippen LogP contribution in [0.2, 0.25) is 36.3 Å². The highest BCUT2D eigenvalue weighted by Gasteiger charge is 2.46. The number of fused-ring (bicyclic) bond motifs is 1. The molecule has 39 heavy (non-hydrogen) atoms. The van der Waals surface area contributed by atoms with Gasteiger partial charge in [0.25, 0.3) is 0 Å². The Labute approximate surface area is 245 Å². The van der Waals surface area contributed by atoms with Crippen molar-refractivity contribution in [3.05, 3.63) is 35.5 Å². The zero-order chi connectivity index (χ0) is 29.6. The van der Waals surface area contributed by atoms with Crippen LogP contribution in [0.25, 0.3) is 0 Å². The second kappa shape index (κ2) is 12.1. The Morgan fingerprint density at radius 3 is 1.85 bits per heavy atom. The van der Waals surface area contributed by atoms with Gasteiger partial charge in [0.2, 0.25) is 0 Å². The van der Waals surface area contributed by atoms with Gasteiger partial charge in [0.05, 0.1) is 12.2 Å². The molecule has 0 N–H and O–H groups in total. The molecule has 0 spiro atoms. The summed E-state index contributed by atoms with van der Waals surface area (Å²) in [6, 6.07) is 0. The third-order valence-corrected chi connectivity index (χ3v) is 20.9. The number of allylic oxidation sites excluding steroid dienone is 3. The summed E-state index contributed by atoms with van der Waals surface area (Å²) in [5.41, 5.74) is 4.40. The summed E-state index contributed by atoms with van der Waals surface area (Å²) in [4.78, 5) is 0. The van der Waals surface area contributed by atoms with Crippen LogP contribution in [0.5, 0.6) is 0 Å². The van der Waals surface area contributed by atoms with Crippen molar-refractivity contribution in [2.45, 2.75) is 156 Å². The molecule has 0 aliphatic heterocycles. The lowest BCUT2D eigenvalue weighted by Gasteiger charge is -2.46. The van der Waals surface area contributed by atoms with E-state index >= 15 is 0 Å². The zero-order valence-electron chi connectivity index (χ0n) is 28.2. The van der Waals surface area contributed by atoms with Gasteiger partial charge in [-0.05, 0) is 110 Å². The van der Waals surface area contributed by atoms with E-state index in [4.69, 9.17) is 8.85 Å². The van der Waals surface area contributed by atoms with Crippen LogP contribution >= 0.6 is 0 Å². The maximum absolute atomic E-state index is 7.06. The average molecular weight is 573 g/mol. The van der Waals surface area contributed by atoms with Gasteiger partial charge in [0.1, 0.15) is 0 Å².